The van der Waals surface area contributed by atoms with Crippen molar-refractivity contribution in [3.8, 4) is 16.3 Å². The molecule has 0 atom stereocenters. The first kappa shape index (κ1) is 24.7. The number of ether oxygens (including phenoxy) is 2. The quantitative estimate of drug-likeness (QED) is 0.301. The van der Waals surface area contributed by atoms with Gasteiger partial charge in [0.15, 0.2) is 0 Å². The van der Waals surface area contributed by atoms with Crippen LogP contribution in [0.25, 0.3) is 31.6 Å². The summed E-state index contributed by atoms with van der Waals surface area (Å²) in [5.74, 6) is -0.102. The van der Waals surface area contributed by atoms with Crippen LogP contribution in [0.1, 0.15) is 62.0 Å². The molecule has 1 N–H and O–H groups in total. The fraction of sp³-hybridized carbons (Fsp3) is 0.400. The summed E-state index contributed by atoms with van der Waals surface area (Å²) in [6.45, 7) is 13.0. The lowest BCUT2D eigenvalue weighted by Gasteiger charge is -2.45. The number of aromatic carboxylic acids is 1. The summed E-state index contributed by atoms with van der Waals surface area (Å²) in [6.07, 6.45) is 1.78. The predicted molar refractivity (Wildman–Crippen MR) is 146 cm³/mol. The van der Waals surface area contributed by atoms with Gasteiger partial charge in [0.2, 0.25) is 0 Å². The van der Waals surface area contributed by atoms with Gasteiger partial charge in [0, 0.05) is 4.70 Å². The topological polar surface area (TPSA) is 68.7 Å². The Bertz CT molecular complexity index is 1470. The maximum atomic E-state index is 12.5. The van der Waals surface area contributed by atoms with Crippen LogP contribution in [0.5, 0.6) is 5.75 Å². The van der Waals surface area contributed by atoms with Gasteiger partial charge in [0.25, 0.3) is 0 Å². The Labute approximate surface area is 216 Å². The molecule has 0 amide bonds. The van der Waals surface area contributed by atoms with E-state index in [1.54, 1.807) is 17.4 Å². The van der Waals surface area contributed by atoms with Gasteiger partial charge >= 0.3 is 5.97 Å². The minimum absolute atomic E-state index is 0.221. The zero-order valence-electron chi connectivity index (χ0n) is 21.8. The molecule has 2 aromatic carbocycles. The number of aromatic nitrogens is 1. The number of carbonyl (C=O) groups is 1. The van der Waals surface area contributed by atoms with Crippen molar-refractivity contribution in [2.24, 2.45) is 5.92 Å². The molecule has 0 bridgehead atoms. The van der Waals surface area contributed by atoms with Crippen LogP contribution in [0.4, 0.5) is 0 Å². The molecule has 2 aromatic heterocycles. The van der Waals surface area contributed by atoms with E-state index in [1.165, 1.54) is 10.1 Å². The first-order valence-electron chi connectivity index (χ1n) is 12.4. The van der Waals surface area contributed by atoms with Crippen molar-refractivity contribution in [3.63, 3.8) is 0 Å². The number of nitrogens with zero attached hydrogens (tertiary/aromatic N) is 1. The van der Waals surface area contributed by atoms with E-state index in [1.807, 2.05) is 31.2 Å². The normalized spacial score (nSPS) is 17.5. The van der Waals surface area contributed by atoms with Gasteiger partial charge in [-0.2, -0.15) is 0 Å². The minimum atomic E-state index is -0.980. The molecule has 1 fully saturated rings. The Morgan fingerprint density at radius 1 is 1.11 bits per heavy atom. The molecule has 6 heteroatoms. The van der Waals surface area contributed by atoms with Crippen molar-refractivity contribution in [1.29, 1.82) is 0 Å². The van der Waals surface area contributed by atoms with Gasteiger partial charge in [-0.15, -0.1) is 11.3 Å². The van der Waals surface area contributed by atoms with Crippen LogP contribution >= 0.6 is 11.3 Å². The lowest BCUT2D eigenvalue weighted by atomic mass is 9.81. The second kappa shape index (κ2) is 8.86. The van der Waals surface area contributed by atoms with E-state index in [0.29, 0.717) is 34.9 Å². The number of pyridine rings is 1. The Hall–Kier alpha value is -2.96. The third-order valence-corrected chi connectivity index (χ3v) is 8.31. The summed E-state index contributed by atoms with van der Waals surface area (Å²) in [6, 6.07) is 13.8. The summed E-state index contributed by atoms with van der Waals surface area (Å²) in [5.41, 5.74) is 3.17. The molecule has 1 aliphatic rings. The molecule has 0 aliphatic carbocycles. The largest absolute Gasteiger partial charge is 0.493 e. The second-order valence-electron chi connectivity index (χ2n) is 11.2. The number of carboxylic acid groups (broad SMARTS) is 1. The van der Waals surface area contributed by atoms with Gasteiger partial charge in [0.05, 0.1) is 44.8 Å². The fourth-order valence-electron chi connectivity index (χ4n) is 5.89. The van der Waals surface area contributed by atoms with Crippen molar-refractivity contribution >= 4 is 38.3 Å². The zero-order valence-corrected chi connectivity index (χ0v) is 22.6. The zero-order chi connectivity index (χ0) is 25.8. The number of hydrogen-bond acceptors (Lipinski definition) is 5. The maximum Gasteiger partial charge on any atom is 0.336 e. The molecule has 0 spiro atoms. The summed E-state index contributed by atoms with van der Waals surface area (Å²) >= 11 is 1.65. The number of thiophene rings is 1. The Balaban J connectivity index is 1.57. The Kier molecular flexibility index (Phi) is 6.08. The van der Waals surface area contributed by atoms with Gasteiger partial charge in [-0.3, -0.25) is 0 Å². The van der Waals surface area contributed by atoms with Crippen LogP contribution in [0.3, 0.4) is 0 Å². The van der Waals surface area contributed by atoms with Crippen LogP contribution in [0.2, 0.25) is 0 Å². The van der Waals surface area contributed by atoms with Crippen LogP contribution in [0.15, 0.2) is 42.5 Å². The lowest BCUT2D eigenvalue weighted by Crippen LogP contribution is -2.46. The molecule has 5 nitrogen and oxygen atoms in total. The van der Waals surface area contributed by atoms with E-state index in [0.717, 1.165) is 28.8 Å². The first-order valence-corrected chi connectivity index (χ1v) is 13.2. The summed E-state index contributed by atoms with van der Waals surface area (Å²) in [7, 11) is 0. The van der Waals surface area contributed by atoms with Crippen LogP contribution in [-0.4, -0.2) is 33.9 Å². The molecule has 4 aromatic rings. The average molecular weight is 504 g/mol. The molecule has 188 valence electrons. The SMILES string of the molecule is Cc1c(-c2cc(C(=O)O)c3c(OCC4CC(C)(C)OC(C)(C)C4)ccc(C)c3n2)sc2ccccc12. The Morgan fingerprint density at radius 2 is 1.81 bits per heavy atom. The number of aryl methyl sites for hydroxylation is 2. The first-order chi connectivity index (χ1) is 16.9. The predicted octanol–water partition coefficient (Wildman–Crippen LogP) is 7.79. The molecular formula is C30H33NO4S. The number of hydrogen-bond donors (Lipinski definition) is 1. The molecule has 3 heterocycles. The van der Waals surface area contributed by atoms with E-state index in [2.05, 4.69) is 46.8 Å². The smallest absolute Gasteiger partial charge is 0.336 e. The summed E-state index contributed by atoms with van der Waals surface area (Å²) in [5, 5.41) is 12.0. The van der Waals surface area contributed by atoms with Crippen molar-refractivity contribution < 1.29 is 19.4 Å². The number of fused-ring (bicyclic) bond motifs is 2. The van der Waals surface area contributed by atoms with Crippen molar-refractivity contribution in [1.82, 2.24) is 4.98 Å². The molecule has 1 saturated heterocycles. The van der Waals surface area contributed by atoms with Crippen LogP contribution in [-0.2, 0) is 4.74 Å². The average Bonchev–Trinajstić information content (AvgIpc) is 3.13. The third-order valence-electron chi connectivity index (χ3n) is 7.02. The third kappa shape index (κ3) is 4.60. The van der Waals surface area contributed by atoms with Crippen LogP contribution < -0.4 is 4.74 Å². The monoisotopic (exact) mass is 503 g/mol. The van der Waals surface area contributed by atoms with Crippen LogP contribution in [0, 0.1) is 19.8 Å². The van der Waals surface area contributed by atoms with Gasteiger partial charge in [-0.1, -0.05) is 24.3 Å². The molecular weight excluding hydrogens is 470 g/mol. The summed E-state index contributed by atoms with van der Waals surface area (Å²) < 4.78 is 13.7. The van der Waals surface area contributed by atoms with Gasteiger partial charge in [-0.05, 0) is 95.0 Å². The minimum Gasteiger partial charge on any atom is -0.493 e. The highest BCUT2D eigenvalue weighted by molar-refractivity contribution is 7.22. The molecule has 5 rings (SSSR count). The van der Waals surface area contributed by atoms with E-state index in [-0.39, 0.29) is 16.8 Å². The molecule has 36 heavy (non-hydrogen) atoms. The summed E-state index contributed by atoms with van der Waals surface area (Å²) in [4.78, 5) is 18.5. The maximum absolute atomic E-state index is 12.5. The van der Waals surface area contributed by atoms with E-state index in [9.17, 15) is 9.90 Å². The molecule has 0 unspecified atom stereocenters. The van der Waals surface area contributed by atoms with Gasteiger partial charge < -0.3 is 14.6 Å². The van der Waals surface area contributed by atoms with E-state index < -0.39 is 5.97 Å². The van der Waals surface area contributed by atoms with Crippen molar-refractivity contribution in [2.75, 3.05) is 6.61 Å². The van der Waals surface area contributed by atoms with Gasteiger partial charge in [-0.25, -0.2) is 9.78 Å². The molecule has 1 aliphatic heterocycles. The number of benzene rings is 2. The second-order valence-corrected chi connectivity index (χ2v) is 12.3. The van der Waals surface area contributed by atoms with E-state index in [4.69, 9.17) is 14.5 Å². The highest BCUT2D eigenvalue weighted by Gasteiger charge is 2.39. The highest BCUT2D eigenvalue weighted by Crippen LogP contribution is 2.42. The molecule has 0 radical (unpaired) electrons. The number of carboxylic acids is 1. The lowest BCUT2D eigenvalue weighted by molar-refractivity contribution is -0.175. The number of rotatable bonds is 5. The van der Waals surface area contributed by atoms with Crippen molar-refractivity contribution in [3.05, 3.63) is 59.2 Å². The van der Waals surface area contributed by atoms with Crippen molar-refractivity contribution in [2.45, 2.75) is 65.6 Å². The highest BCUT2D eigenvalue weighted by atomic mass is 32.1. The fourth-order valence-corrected chi connectivity index (χ4v) is 7.06. The molecule has 0 saturated carbocycles. The standard InChI is InChI=1S/C30H33NO4S/c1-17-11-12-23(34-16-19-14-29(3,4)35-30(5,6)15-19)25-21(28(32)33)13-22(31-26(17)25)27-18(2)20-9-7-8-10-24(20)36-27/h7-13,19H,14-16H2,1-6H3,(H,32,33). The van der Waals surface area contributed by atoms with Gasteiger partial charge in [0.1, 0.15) is 5.75 Å². The Morgan fingerprint density at radius 3 is 2.47 bits per heavy atom. The van der Waals surface area contributed by atoms with E-state index >= 15 is 0 Å².